The number of halogens is 1. The van der Waals surface area contributed by atoms with Gasteiger partial charge in [-0.3, -0.25) is 0 Å². The van der Waals surface area contributed by atoms with Crippen molar-refractivity contribution in [2.75, 3.05) is 0 Å². The number of ether oxygens (including phenoxy) is 1. The Morgan fingerprint density at radius 3 is 2.67 bits per heavy atom. The number of rotatable bonds is 3. The number of nitrogens with zero attached hydrogens (tertiary/aromatic N) is 1. The number of hydrogen-bond acceptors (Lipinski definition) is 2. The normalized spacial score (nSPS) is 9.83. The highest BCUT2D eigenvalue weighted by Gasteiger charge is 2.04. The van der Waals surface area contributed by atoms with Crippen LogP contribution in [0, 0.1) is 18.3 Å². The van der Waals surface area contributed by atoms with Crippen LogP contribution in [0.3, 0.4) is 0 Å². The lowest BCUT2D eigenvalue weighted by Crippen LogP contribution is -1.98. The van der Waals surface area contributed by atoms with Crippen molar-refractivity contribution >= 4 is 15.9 Å². The molecule has 2 aromatic rings. The largest absolute Gasteiger partial charge is 0.488 e. The van der Waals surface area contributed by atoms with Crippen molar-refractivity contribution in [2.24, 2.45) is 0 Å². The summed E-state index contributed by atoms with van der Waals surface area (Å²) in [5, 5.41) is 8.79. The minimum Gasteiger partial charge on any atom is -0.488 e. The first-order chi connectivity index (χ1) is 8.70. The molecule has 0 fully saturated rings. The van der Waals surface area contributed by atoms with E-state index in [1.54, 1.807) is 18.2 Å². The lowest BCUT2D eigenvalue weighted by atomic mass is 10.1. The van der Waals surface area contributed by atoms with Crippen LogP contribution in [0.5, 0.6) is 5.75 Å². The first kappa shape index (κ1) is 12.7. The second-order valence-electron chi connectivity index (χ2n) is 3.97. The van der Waals surface area contributed by atoms with Gasteiger partial charge in [0.1, 0.15) is 12.4 Å². The van der Waals surface area contributed by atoms with E-state index in [1.165, 1.54) is 5.56 Å². The first-order valence-corrected chi connectivity index (χ1v) is 6.37. The maximum atomic E-state index is 8.79. The van der Waals surface area contributed by atoms with Crippen molar-refractivity contribution in [2.45, 2.75) is 13.5 Å². The summed E-state index contributed by atoms with van der Waals surface area (Å²) in [7, 11) is 0. The Kier molecular flexibility index (Phi) is 4.01. The molecule has 0 atom stereocenters. The molecule has 0 spiro atoms. The van der Waals surface area contributed by atoms with Gasteiger partial charge in [0, 0.05) is 0 Å². The predicted octanol–water partition coefficient (Wildman–Crippen LogP) is 4.21. The summed E-state index contributed by atoms with van der Waals surface area (Å²) in [5.74, 6) is 0.747. The van der Waals surface area contributed by atoms with E-state index >= 15 is 0 Å². The van der Waals surface area contributed by atoms with Crippen LogP contribution in [0.4, 0.5) is 0 Å². The summed E-state index contributed by atoms with van der Waals surface area (Å²) in [6.07, 6.45) is 0. The Morgan fingerprint density at radius 1 is 1.22 bits per heavy atom. The summed E-state index contributed by atoms with van der Waals surface area (Å²) >= 11 is 3.40. The zero-order valence-corrected chi connectivity index (χ0v) is 11.6. The monoisotopic (exact) mass is 301 g/mol. The molecule has 0 aliphatic carbocycles. The smallest absolute Gasteiger partial charge is 0.134 e. The molecule has 0 N–H and O–H groups in total. The van der Waals surface area contributed by atoms with Crippen LogP contribution in [0.1, 0.15) is 16.7 Å². The van der Waals surface area contributed by atoms with Gasteiger partial charge in [-0.2, -0.15) is 5.26 Å². The zero-order valence-electron chi connectivity index (χ0n) is 9.98. The molecule has 0 saturated carbocycles. The number of benzene rings is 2. The molecule has 0 saturated heterocycles. The van der Waals surface area contributed by atoms with Crippen LogP contribution in [0.2, 0.25) is 0 Å². The average molecular weight is 302 g/mol. The third-order valence-corrected chi connectivity index (χ3v) is 3.33. The summed E-state index contributed by atoms with van der Waals surface area (Å²) < 4.78 is 6.55. The molecule has 18 heavy (non-hydrogen) atoms. The molecule has 0 radical (unpaired) electrons. The van der Waals surface area contributed by atoms with Crippen LogP contribution >= 0.6 is 15.9 Å². The van der Waals surface area contributed by atoms with Gasteiger partial charge < -0.3 is 4.74 Å². The van der Waals surface area contributed by atoms with E-state index < -0.39 is 0 Å². The molecule has 2 rings (SSSR count). The Hall–Kier alpha value is -1.79. The highest BCUT2D eigenvalue weighted by atomic mass is 79.9. The maximum Gasteiger partial charge on any atom is 0.134 e. The van der Waals surface area contributed by atoms with Gasteiger partial charge in [0.2, 0.25) is 0 Å². The van der Waals surface area contributed by atoms with Crippen LogP contribution in [-0.2, 0) is 6.61 Å². The Balaban J connectivity index is 2.12. The van der Waals surface area contributed by atoms with Crippen molar-refractivity contribution in [3.8, 4) is 11.8 Å². The van der Waals surface area contributed by atoms with E-state index in [0.717, 1.165) is 15.8 Å². The molecule has 0 bridgehead atoms. The van der Waals surface area contributed by atoms with Crippen molar-refractivity contribution in [1.82, 2.24) is 0 Å². The molecule has 0 amide bonds. The van der Waals surface area contributed by atoms with Gasteiger partial charge >= 0.3 is 0 Å². The average Bonchev–Trinajstić information content (AvgIpc) is 2.39. The van der Waals surface area contributed by atoms with Crippen molar-refractivity contribution in [3.05, 3.63) is 63.6 Å². The van der Waals surface area contributed by atoms with Crippen molar-refractivity contribution in [3.63, 3.8) is 0 Å². The fourth-order valence-corrected chi connectivity index (χ4v) is 2.11. The van der Waals surface area contributed by atoms with Gasteiger partial charge in [-0.25, -0.2) is 0 Å². The van der Waals surface area contributed by atoms with Gasteiger partial charge in [0.15, 0.2) is 0 Å². The molecule has 0 aliphatic rings. The standard InChI is InChI=1S/C15H12BrNO/c1-11-4-2-3-5-13(11)10-18-15-7-6-12(9-17)8-14(15)16/h2-8H,10H2,1H3. The number of hydrogen-bond donors (Lipinski definition) is 0. The van der Waals surface area contributed by atoms with Crippen molar-refractivity contribution < 1.29 is 4.74 Å². The molecule has 0 aromatic heterocycles. The summed E-state index contributed by atoms with van der Waals surface area (Å²) in [6, 6.07) is 15.5. The van der Waals surface area contributed by atoms with E-state index in [-0.39, 0.29) is 0 Å². The quantitative estimate of drug-likeness (QED) is 0.851. The minimum absolute atomic E-state index is 0.525. The van der Waals surface area contributed by atoms with E-state index in [0.29, 0.717) is 12.2 Å². The summed E-state index contributed by atoms with van der Waals surface area (Å²) in [4.78, 5) is 0. The third-order valence-electron chi connectivity index (χ3n) is 2.71. The van der Waals surface area contributed by atoms with Crippen molar-refractivity contribution in [1.29, 1.82) is 5.26 Å². The molecule has 3 heteroatoms. The molecule has 0 heterocycles. The van der Waals surface area contributed by atoms with Gasteiger partial charge in [-0.15, -0.1) is 0 Å². The Bertz CT molecular complexity index is 602. The molecule has 0 aliphatic heterocycles. The van der Waals surface area contributed by atoms with Gasteiger partial charge in [-0.1, -0.05) is 24.3 Å². The summed E-state index contributed by atoms with van der Waals surface area (Å²) in [5.41, 5.74) is 2.99. The van der Waals surface area contributed by atoms with E-state index in [2.05, 4.69) is 35.0 Å². The second kappa shape index (κ2) is 5.70. The fourth-order valence-electron chi connectivity index (χ4n) is 1.61. The Morgan fingerprint density at radius 2 is 2.00 bits per heavy atom. The fraction of sp³-hybridized carbons (Fsp3) is 0.133. The molecule has 0 unspecified atom stereocenters. The lowest BCUT2D eigenvalue weighted by molar-refractivity contribution is 0.303. The van der Waals surface area contributed by atoms with Crippen LogP contribution in [-0.4, -0.2) is 0 Å². The van der Waals surface area contributed by atoms with Crippen LogP contribution < -0.4 is 4.74 Å². The molecular weight excluding hydrogens is 290 g/mol. The van der Waals surface area contributed by atoms with Crippen LogP contribution in [0.15, 0.2) is 46.9 Å². The van der Waals surface area contributed by atoms with Gasteiger partial charge in [-0.05, 0) is 52.2 Å². The Labute approximate surface area is 115 Å². The minimum atomic E-state index is 0.525. The number of nitriles is 1. The zero-order chi connectivity index (χ0) is 13.0. The molecule has 90 valence electrons. The third kappa shape index (κ3) is 2.91. The SMILES string of the molecule is Cc1ccccc1COc1ccc(C#N)cc1Br. The van der Waals surface area contributed by atoms with E-state index in [1.807, 2.05) is 18.2 Å². The van der Waals surface area contributed by atoms with E-state index in [4.69, 9.17) is 10.00 Å². The predicted molar refractivity (Wildman–Crippen MR) is 74.4 cm³/mol. The summed E-state index contributed by atoms with van der Waals surface area (Å²) in [6.45, 7) is 2.59. The lowest BCUT2D eigenvalue weighted by Gasteiger charge is -2.10. The molecule has 2 aromatic carbocycles. The molecule has 2 nitrogen and oxygen atoms in total. The van der Waals surface area contributed by atoms with Gasteiger partial charge in [0.25, 0.3) is 0 Å². The maximum absolute atomic E-state index is 8.79. The van der Waals surface area contributed by atoms with Gasteiger partial charge in [0.05, 0.1) is 16.1 Å². The highest BCUT2D eigenvalue weighted by molar-refractivity contribution is 9.10. The van der Waals surface area contributed by atoms with E-state index in [9.17, 15) is 0 Å². The first-order valence-electron chi connectivity index (χ1n) is 5.57. The molecular formula is C15H12BrNO. The topological polar surface area (TPSA) is 33.0 Å². The highest BCUT2D eigenvalue weighted by Crippen LogP contribution is 2.26. The second-order valence-corrected chi connectivity index (χ2v) is 4.83. The number of aryl methyl sites for hydroxylation is 1. The van der Waals surface area contributed by atoms with Crippen LogP contribution in [0.25, 0.3) is 0 Å².